The second-order valence-electron chi connectivity index (χ2n) is 9.46. The molecule has 1 N–H and O–H groups in total. The van der Waals surface area contributed by atoms with Crippen molar-refractivity contribution in [3.8, 4) is 0 Å². The van der Waals surface area contributed by atoms with Crippen molar-refractivity contribution in [3.63, 3.8) is 0 Å². The van der Waals surface area contributed by atoms with Gasteiger partial charge in [-0.25, -0.2) is 0 Å². The number of nitrogens with zero attached hydrogens (tertiary/aromatic N) is 3. The lowest BCUT2D eigenvalue weighted by molar-refractivity contribution is 0.0573. The maximum absolute atomic E-state index is 13.1. The van der Waals surface area contributed by atoms with Crippen molar-refractivity contribution >= 4 is 22.7 Å². The topological polar surface area (TPSA) is 59.7 Å². The molecule has 0 radical (unpaired) electrons. The number of fused-ring (bicyclic) bond motifs is 1. The molecule has 0 bridgehead atoms. The van der Waals surface area contributed by atoms with Crippen molar-refractivity contribution in [2.75, 3.05) is 39.3 Å². The molecule has 6 nitrogen and oxygen atoms in total. The Hall–Kier alpha value is -2.34. The molecule has 2 aromatic rings. The predicted molar refractivity (Wildman–Crippen MR) is 122 cm³/mol. The second-order valence-corrected chi connectivity index (χ2v) is 9.46. The molecule has 1 saturated carbocycles. The molecule has 166 valence electrons. The maximum Gasteiger partial charge on any atom is 0.270 e. The van der Waals surface area contributed by atoms with Gasteiger partial charge >= 0.3 is 0 Å². The summed E-state index contributed by atoms with van der Waals surface area (Å²) in [6, 6.07) is 8.42. The first kappa shape index (κ1) is 20.6. The predicted octanol–water partition coefficient (Wildman–Crippen LogP) is 3.88. The van der Waals surface area contributed by atoms with Crippen LogP contribution in [0, 0.1) is 0 Å². The molecule has 2 aliphatic heterocycles. The Morgan fingerprint density at radius 1 is 0.742 bits per heavy atom. The van der Waals surface area contributed by atoms with E-state index in [2.05, 4.69) is 9.88 Å². The Kier molecular flexibility index (Phi) is 5.99. The van der Waals surface area contributed by atoms with Gasteiger partial charge in [0.1, 0.15) is 5.69 Å². The number of nitrogens with one attached hydrogen (secondary N) is 1. The fraction of sp³-hybridized carbons (Fsp3) is 0.600. The van der Waals surface area contributed by atoms with Crippen molar-refractivity contribution < 1.29 is 9.59 Å². The average Bonchev–Trinajstić information content (AvgIpc) is 3.41. The lowest BCUT2D eigenvalue weighted by Gasteiger charge is -2.38. The quantitative estimate of drug-likeness (QED) is 0.817. The molecule has 0 spiro atoms. The lowest BCUT2D eigenvalue weighted by atomic mass is 10.1. The molecule has 3 fully saturated rings. The zero-order chi connectivity index (χ0) is 21.2. The minimum absolute atomic E-state index is 0.0778. The molecular weight excluding hydrogens is 388 g/mol. The highest BCUT2D eigenvalue weighted by atomic mass is 16.2. The number of carbonyl (C=O) groups is 2. The van der Waals surface area contributed by atoms with Crippen molar-refractivity contribution in [3.05, 3.63) is 35.5 Å². The summed E-state index contributed by atoms with van der Waals surface area (Å²) in [5.74, 6) is 0.184. The summed E-state index contributed by atoms with van der Waals surface area (Å²) in [5.41, 5.74) is 2.27. The highest BCUT2D eigenvalue weighted by molar-refractivity contribution is 6.01. The maximum atomic E-state index is 13.1. The third-order valence-electron chi connectivity index (χ3n) is 7.43. The Balaban J connectivity index is 1.26. The van der Waals surface area contributed by atoms with Crippen molar-refractivity contribution in [1.82, 2.24) is 19.7 Å². The van der Waals surface area contributed by atoms with Crippen LogP contribution in [0.4, 0.5) is 0 Å². The molecule has 5 rings (SSSR count). The second kappa shape index (κ2) is 9.03. The Morgan fingerprint density at radius 2 is 1.42 bits per heavy atom. The Morgan fingerprint density at radius 3 is 2.13 bits per heavy atom. The van der Waals surface area contributed by atoms with E-state index < -0.39 is 0 Å². The first-order chi connectivity index (χ1) is 15.2. The number of rotatable bonds is 3. The van der Waals surface area contributed by atoms with Crippen LogP contribution in [0.5, 0.6) is 0 Å². The van der Waals surface area contributed by atoms with Crippen molar-refractivity contribution in [1.29, 1.82) is 0 Å². The molecule has 1 aliphatic carbocycles. The number of aromatic amines is 1. The van der Waals surface area contributed by atoms with Gasteiger partial charge in [0.05, 0.1) is 0 Å². The van der Waals surface area contributed by atoms with Gasteiger partial charge in [0.15, 0.2) is 0 Å². The zero-order valence-electron chi connectivity index (χ0n) is 18.4. The molecule has 2 amide bonds. The summed E-state index contributed by atoms with van der Waals surface area (Å²) in [6.07, 6.45) is 9.91. The molecule has 0 atom stereocenters. The van der Waals surface area contributed by atoms with Crippen LogP contribution in [0.1, 0.15) is 72.2 Å². The highest BCUT2D eigenvalue weighted by Crippen LogP contribution is 2.25. The number of carbonyl (C=O) groups excluding carboxylic acids is 2. The summed E-state index contributed by atoms with van der Waals surface area (Å²) >= 11 is 0. The van der Waals surface area contributed by atoms with Crippen LogP contribution in [-0.2, 0) is 0 Å². The number of amides is 2. The third-order valence-corrected chi connectivity index (χ3v) is 7.43. The number of hydrogen-bond donors (Lipinski definition) is 1. The zero-order valence-corrected chi connectivity index (χ0v) is 18.4. The van der Waals surface area contributed by atoms with E-state index in [4.69, 9.17) is 0 Å². The molecule has 0 unspecified atom stereocenters. The Labute approximate surface area is 184 Å². The molecule has 2 saturated heterocycles. The van der Waals surface area contributed by atoms with Crippen molar-refractivity contribution in [2.45, 2.75) is 57.4 Å². The first-order valence-electron chi connectivity index (χ1n) is 12.1. The SMILES string of the molecule is O=C(c1ccc2[nH]c(C(=O)N3CCCCCC3)cc2c1)N1CCN(C2CCCC2)CC1. The summed E-state index contributed by atoms with van der Waals surface area (Å²) in [7, 11) is 0. The number of likely N-dealkylation sites (tertiary alicyclic amines) is 1. The molecular formula is C25H34N4O2. The first-order valence-corrected chi connectivity index (χ1v) is 12.1. The number of benzene rings is 1. The standard InChI is InChI=1S/C25H34N4O2/c30-24(29-15-13-27(14-16-29)21-7-3-4-8-21)19-9-10-22-20(17-19)18-23(26-22)25(31)28-11-5-1-2-6-12-28/h9-10,17-18,21,26H,1-8,11-16H2. The Bertz CT molecular complexity index is 930. The van der Waals surface area contributed by atoms with E-state index in [-0.39, 0.29) is 11.8 Å². The van der Waals surface area contributed by atoms with Gasteiger partial charge in [-0.2, -0.15) is 0 Å². The van der Waals surface area contributed by atoms with Crippen LogP contribution in [0.15, 0.2) is 24.3 Å². The smallest absolute Gasteiger partial charge is 0.270 e. The minimum Gasteiger partial charge on any atom is -0.351 e. The summed E-state index contributed by atoms with van der Waals surface area (Å²) < 4.78 is 0. The van der Waals surface area contributed by atoms with Gasteiger partial charge in [-0.15, -0.1) is 0 Å². The van der Waals surface area contributed by atoms with E-state index in [9.17, 15) is 9.59 Å². The van der Waals surface area contributed by atoms with E-state index >= 15 is 0 Å². The largest absolute Gasteiger partial charge is 0.351 e. The molecule has 3 heterocycles. The number of H-pyrrole nitrogens is 1. The normalized spacial score (nSPS) is 21.5. The average molecular weight is 423 g/mol. The van der Waals surface area contributed by atoms with Gasteiger partial charge in [-0.1, -0.05) is 25.7 Å². The van der Waals surface area contributed by atoms with Crippen LogP contribution in [0.3, 0.4) is 0 Å². The molecule has 3 aliphatic rings. The fourth-order valence-electron chi connectivity index (χ4n) is 5.57. The van der Waals surface area contributed by atoms with Gasteiger partial charge < -0.3 is 14.8 Å². The summed E-state index contributed by atoms with van der Waals surface area (Å²) in [4.78, 5) is 35.9. The van der Waals surface area contributed by atoms with Gasteiger partial charge in [-0.3, -0.25) is 14.5 Å². The summed E-state index contributed by atoms with van der Waals surface area (Å²) in [6.45, 7) is 5.25. The molecule has 31 heavy (non-hydrogen) atoms. The van der Waals surface area contributed by atoms with Crippen LogP contribution in [-0.4, -0.2) is 76.8 Å². The van der Waals surface area contributed by atoms with Gasteiger partial charge in [-0.05, 0) is 49.9 Å². The van der Waals surface area contributed by atoms with E-state index in [0.717, 1.165) is 74.6 Å². The minimum atomic E-state index is 0.0778. The molecule has 6 heteroatoms. The molecule has 1 aromatic heterocycles. The van der Waals surface area contributed by atoms with Crippen LogP contribution in [0.2, 0.25) is 0 Å². The van der Waals surface area contributed by atoms with E-state index in [1.54, 1.807) is 0 Å². The fourth-order valence-corrected chi connectivity index (χ4v) is 5.57. The summed E-state index contributed by atoms with van der Waals surface area (Å²) in [5, 5.41) is 0.939. The number of piperazine rings is 1. The number of hydrogen-bond acceptors (Lipinski definition) is 3. The van der Waals surface area contributed by atoms with E-state index in [0.29, 0.717) is 5.69 Å². The molecule has 1 aromatic carbocycles. The van der Waals surface area contributed by atoms with Gasteiger partial charge in [0.25, 0.3) is 11.8 Å². The highest BCUT2D eigenvalue weighted by Gasteiger charge is 2.28. The van der Waals surface area contributed by atoms with Crippen LogP contribution < -0.4 is 0 Å². The van der Waals surface area contributed by atoms with Gasteiger partial charge in [0, 0.05) is 61.8 Å². The van der Waals surface area contributed by atoms with Gasteiger partial charge in [0.2, 0.25) is 0 Å². The van der Waals surface area contributed by atoms with Crippen LogP contribution >= 0.6 is 0 Å². The third kappa shape index (κ3) is 4.36. The van der Waals surface area contributed by atoms with E-state index in [1.165, 1.54) is 38.5 Å². The van der Waals surface area contributed by atoms with Crippen molar-refractivity contribution in [2.24, 2.45) is 0 Å². The van der Waals surface area contributed by atoms with E-state index in [1.807, 2.05) is 34.1 Å². The van der Waals surface area contributed by atoms with Crippen LogP contribution in [0.25, 0.3) is 10.9 Å². The monoisotopic (exact) mass is 422 g/mol. The number of aromatic nitrogens is 1. The lowest BCUT2D eigenvalue weighted by Crippen LogP contribution is -2.51.